The Morgan fingerprint density at radius 1 is 1.20 bits per heavy atom. The molecule has 1 atom stereocenters. The highest BCUT2D eigenvalue weighted by molar-refractivity contribution is 5.91. The molecule has 5 nitrogen and oxygen atoms in total. The number of rotatable bonds is 6. The van der Waals surface area contributed by atoms with Crippen LogP contribution in [0.25, 0.3) is 0 Å². The second kappa shape index (κ2) is 8.65. The lowest BCUT2D eigenvalue weighted by molar-refractivity contribution is -0.125. The molecule has 1 N–H and O–H groups in total. The Hall–Kier alpha value is -3.13. The summed E-state index contributed by atoms with van der Waals surface area (Å²) in [5.74, 6) is -0.993. The number of carbonyl (C=O) groups excluding carboxylic acids is 2. The van der Waals surface area contributed by atoms with Crippen LogP contribution in [0, 0.1) is 18.3 Å². The lowest BCUT2D eigenvalue weighted by Gasteiger charge is -2.17. The first-order valence-corrected chi connectivity index (χ1v) is 8.06. The van der Waals surface area contributed by atoms with Crippen molar-refractivity contribution in [3.63, 3.8) is 0 Å². The Balaban J connectivity index is 1.91. The molecule has 0 aliphatic carbocycles. The summed E-state index contributed by atoms with van der Waals surface area (Å²) >= 11 is 0. The van der Waals surface area contributed by atoms with E-state index in [9.17, 15) is 9.59 Å². The number of ether oxygens (including phenoxy) is 1. The largest absolute Gasteiger partial charge is 0.452 e. The van der Waals surface area contributed by atoms with Crippen LogP contribution in [0.4, 0.5) is 0 Å². The van der Waals surface area contributed by atoms with Crippen molar-refractivity contribution in [2.45, 2.75) is 26.3 Å². The Bertz CT molecular complexity index is 791. The number of aryl methyl sites for hydroxylation is 1. The summed E-state index contributed by atoms with van der Waals surface area (Å²) in [5, 5.41) is 11.7. The number of carbonyl (C=O) groups is 2. The Kier molecular flexibility index (Phi) is 6.30. The van der Waals surface area contributed by atoms with Crippen LogP contribution >= 0.6 is 0 Å². The Labute approximate surface area is 147 Å². The fraction of sp³-hybridized carbons (Fsp3) is 0.250. The number of hydrogen-bond donors (Lipinski definition) is 1. The van der Waals surface area contributed by atoms with E-state index in [1.54, 1.807) is 18.2 Å². The molecule has 5 heteroatoms. The van der Waals surface area contributed by atoms with Gasteiger partial charge < -0.3 is 10.1 Å². The third-order valence-electron chi connectivity index (χ3n) is 3.78. The molecular weight excluding hydrogens is 316 g/mol. The van der Waals surface area contributed by atoms with Crippen LogP contribution in [-0.4, -0.2) is 18.5 Å². The lowest BCUT2D eigenvalue weighted by Crippen LogP contribution is -2.32. The van der Waals surface area contributed by atoms with Crippen molar-refractivity contribution in [1.82, 2.24) is 5.32 Å². The molecule has 1 amide bonds. The van der Waals surface area contributed by atoms with Crippen LogP contribution in [0.2, 0.25) is 0 Å². The van der Waals surface area contributed by atoms with Gasteiger partial charge in [0.1, 0.15) is 0 Å². The molecule has 0 aliphatic rings. The first kappa shape index (κ1) is 18.2. The van der Waals surface area contributed by atoms with E-state index in [4.69, 9.17) is 10.00 Å². The van der Waals surface area contributed by atoms with E-state index in [-0.39, 0.29) is 24.1 Å². The summed E-state index contributed by atoms with van der Waals surface area (Å²) in [6.07, 6.45) is 0.729. The second-order valence-electron chi connectivity index (χ2n) is 5.71. The van der Waals surface area contributed by atoms with Crippen LogP contribution < -0.4 is 5.32 Å². The van der Waals surface area contributed by atoms with Crippen LogP contribution in [-0.2, 0) is 9.53 Å². The van der Waals surface area contributed by atoms with Gasteiger partial charge in [0.25, 0.3) is 5.91 Å². The van der Waals surface area contributed by atoms with Crippen LogP contribution in [0.5, 0.6) is 0 Å². The summed E-state index contributed by atoms with van der Waals surface area (Å²) in [5.41, 5.74) is 2.77. The van der Waals surface area contributed by atoms with Crippen LogP contribution in [0.15, 0.2) is 48.5 Å². The van der Waals surface area contributed by atoms with Crippen molar-refractivity contribution in [3.05, 3.63) is 70.8 Å². The summed E-state index contributed by atoms with van der Waals surface area (Å²) < 4.78 is 5.03. The third-order valence-corrected chi connectivity index (χ3v) is 3.78. The number of hydrogen-bond acceptors (Lipinski definition) is 4. The quantitative estimate of drug-likeness (QED) is 0.821. The standard InChI is InChI=1S/C20H20N2O3/c1-3-18(16-9-7-14(2)8-10-16)22-19(23)13-25-20(24)17-6-4-5-15(11-17)12-21/h4-11,18H,3,13H2,1-2H3,(H,22,23)/t18-/m0/s1. The maximum absolute atomic E-state index is 12.1. The zero-order valence-electron chi connectivity index (χ0n) is 14.3. The minimum absolute atomic E-state index is 0.131. The molecule has 0 heterocycles. The second-order valence-corrected chi connectivity index (χ2v) is 5.71. The number of nitriles is 1. The van der Waals surface area contributed by atoms with E-state index >= 15 is 0 Å². The number of amides is 1. The SMILES string of the molecule is CC[C@H](NC(=O)COC(=O)c1cccc(C#N)c1)c1ccc(C)cc1. The molecule has 0 bridgehead atoms. The van der Waals surface area contributed by atoms with Crippen molar-refractivity contribution in [2.24, 2.45) is 0 Å². The molecule has 2 aromatic rings. The number of benzene rings is 2. The predicted molar refractivity (Wildman–Crippen MR) is 93.8 cm³/mol. The average Bonchev–Trinajstić information content (AvgIpc) is 2.65. The molecule has 0 fully saturated rings. The summed E-state index contributed by atoms with van der Waals surface area (Å²) in [7, 11) is 0. The molecule has 0 aromatic heterocycles. The van der Waals surface area contributed by atoms with E-state index in [2.05, 4.69) is 5.32 Å². The molecule has 25 heavy (non-hydrogen) atoms. The molecule has 0 saturated heterocycles. The molecule has 0 aliphatic heterocycles. The van der Waals surface area contributed by atoms with Crippen LogP contribution in [0.1, 0.15) is 46.4 Å². The van der Waals surface area contributed by atoms with Gasteiger partial charge in [-0.05, 0) is 37.1 Å². The van der Waals surface area contributed by atoms with E-state index in [0.29, 0.717) is 5.56 Å². The van der Waals surface area contributed by atoms with E-state index in [1.165, 1.54) is 6.07 Å². The molecule has 2 rings (SSSR count). The van der Waals surface area contributed by atoms with Gasteiger partial charge in [0.15, 0.2) is 6.61 Å². The number of nitrogens with zero attached hydrogens (tertiary/aromatic N) is 1. The zero-order chi connectivity index (χ0) is 18.2. The van der Waals surface area contributed by atoms with Gasteiger partial charge in [-0.2, -0.15) is 5.26 Å². The topological polar surface area (TPSA) is 79.2 Å². The monoisotopic (exact) mass is 336 g/mol. The van der Waals surface area contributed by atoms with Crippen molar-refractivity contribution in [3.8, 4) is 6.07 Å². The van der Waals surface area contributed by atoms with Gasteiger partial charge in [-0.3, -0.25) is 4.79 Å². The summed E-state index contributed by atoms with van der Waals surface area (Å²) in [6, 6.07) is 15.9. The van der Waals surface area contributed by atoms with Gasteiger partial charge in [0.2, 0.25) is 0 Å². The van der Waals surface area contributed by atoms with E-state index in [0.717, 1.165) is 17.5 Å². The van der Waals surface area contributed by atoms with Crippen LogP contribution in [0.3, 0.4) is 0 Å². The Morgan fingerprint density at radius 3 is 2.56 bits per heavy atom. The number of esters is 1. The smallest absolute Gasteiger partial charge is 0.338 e. The van der Waals surface area contributed by atoms with E-state index < -0.39 is 5.97 Å². The van der Waals surface area contributed by atoms with Gasteiger partial charge in [-0.1, -0.05) is 42.8 Å². The minimum atomic E-state index is -0.629. The van der Waals surface area contributed by atoms with Gasteiger partial charge in [0, 0.05) is 0 Å². The third kappa shape index (κ3) is 5.18. The first-order valence-electron chi connectivity index (χ1n) is 8.06. The highest BCUT2D eigenvalue weighted by Gasteiger charge is 2.15. The molecule has 0 radical (unpaired) electrons. The Morgan fingerprint density at radius 2 is 1.92 bits per heavy atom. The van der Waals surface area contributed by atoms with Gasteiger partial charge in [-0.25, -0.2) is 4.79 Å². The average molecular weight is 336 g/mol. The maximum Gasteiger partial charge on any atom is 0.338 e. The predicted octanol–water partition coefficient (Wildman–Crippen LogP) is 3.29. The minimum Gasteiger partial charge on any atom is -0.452 e. The zero-order valence-corrected chi connectivity index (χ0v) is 14.3. The van der Waals surface area contributed by atoms with Gasteiger partial charge in [0.05, 0.1) is 23.2 Å². The molecular formula is C20H20N2O3. The van der Waals surface area contributed by atoms with Gasteiger partial charge >= 0.3 is 5.97 Å². The molecule has 0 unspecified atom stereocenters. The van der Waals surface area contributed by atoms with E-state index in [1.807, 2.05) is 44.2 Å². The maximum atomic E-state index is 12.1. The van der Waals surface area contributed by atoms with Crippen molar-refractivity contribution in [1.29, 1.82) is 5.26 Å². The van der Waals surface area contributed by atoms with Crippen molar-refractivity contribution >= 4 is 11.9 Å². The molecule has 0 spiro atoms. The summed E-state index contributed by atoms with van der Waals surface area (Å²) in [4.78, 5) is 24.0. The lowest BCUT2D eigenvalue weighted by atomic mass is 10.0. The van der Waals surface area contributed by atoms with Crippen molar-refractivity contribution < 1.29 is 14.3 Å². The first-order chi connectivity index (χ1) is 12.0. The molecule has 128 valence electrons. The summed E-state index contributed by atoms with van der Waals surface area (Å²) in [6.45, 7) is 3.62. The molecule has 0 saturated carbocycles. The van der Waals surface area contributed by atoms with Gasteiger partial charge in [-0.15, -0.1) is 0 Å². The fourth-order valence-corrected chi connectivity index (χ4v) is 2.39. The normalized spacial score (nSPS) is 11.2. The van der Waals surface area contributed by atoms with Crippen molar-refractivity contribution in [2.75, 3.05) is 6.61 Å². The fourth-order valence-electron chi connectivity index (χ4n) is 2.39. The highest BCUT2D eigenvalue weighted by Crippen LogP contribution is 2.17. The molecule has 2 aromatic carbocycles. The number of nitrogens with one attached hydrogen (secondary N) is 1. The highest BCUT2D eigenvalue weighted by atomic mass is 16.5.